The summed E-state index contributed by atoms with van der Waals surface area (Å²) in [7, 11) is 0. The lowest BCUT2D eigenvalue weighted by atomic mass is 10.1. The smallest absolute Gasteiger partial charge is 0.323 e. The van der Waals surface area contributed by atoms with Gasteiger partial charge in [0.1, 0.15) is 11.7 Å². The van der Waals surface area contributed by atoms with Crippen LogP contribution in [0, 0.1) is 18.2 Å². The van der Waals surface area contributed by atoms with Crippen molar-refractivity contribution in [3.05, 3.63) is 59.4 Å². The maximum atomic E-state index is 13.2. The van der Waals surface area contributed by atoms with E-state index in [-0.39, 0.29) is 17.1 Å². The van der Waals surface area contributed by atoms with Gasteiger partial charge in [0, 0.05) is 11.3 Å². The average molecular weight is 286 g/mol. The van der Waals surface area contributed by atoms with Crippen molar-refractivity contribution >= 4 is 23.2 Å². The molecule has 2 aromatic carbocycles. The summed E-state index contributed by atoms with van der Waals surface area (Å²) in [6.07, 6.45) is 0. The third-order valence-corrected chi connectivity index (χ3v) is 2.80. The van der Waals surface area contributed by atoms with Crippen molar-refractivity contribution in [2.75, 3.05) is 10.6 Å². The van der Waals surface area contributed by atoms with E-state index in [1.54, 1.807) is 6.07 Å². The quantitative estimate of drug-likeness (QED) is 0.516. The van der Waals surface area contributed by atoms with Gasteiger partial charge >= 0.3 is 6.03 Å². The van der Waals surface area contributed by atoms with E-state index in [1.807, 2.05) is 25.1 Å². The molecule has 5 N–H and O–H groups in total. The van der Waals surface area contributed by atoms with Gasteiger partial charge in [-0.1, -0.05) is 12.1 Å². The summed E-state index contributed by atoms with van der Waals surface area (Å²) in [5.41, 5.74) is 7.43. The van der Waals surface area contributed by atoms with Gasteiger partial charge in [-0.15, -0.1) is 0 Å². The number of halogens is 1. The molecule has 6 heteroatoms. The normalized spacial score (nSPS) is 10.0. The molecule has 2 aromatic rings. The number of nitrogens with one attached hydrogen (secondary N) is 3. The number of rotatable bonds is 3. The first kappa shape index (κ1) is 14.5. The van der Waals surface area contributed by atoms with Crippen LogP contribution in [-0.2, 0) is 0 Å². The number of urea groups is 1. The van der Waals surface area contributed by atoms with Crippen molar-refractivity contribution in [1.29, 1.82) is 5.41 Å². The molecule has 5 nitrogen and oxygen atoms in total. The van der Waals surface area contributed by atoms with E-state index in [0.717, 1.165) is 11.6 Å². The van der Waals surface area contributed by atoms with Gasteiger partial charge in [0.25, 0.3) is 0 Å². The Balaban J connectivity index is 2.15. The maximum Gasteiger partial charge on any atom is 0.323 e. The summed E-state index contributed by atoms with van der Waals surface area (Å²) in [5.74, 6) is -0.842. The first-order chi connectivity index (χ1) is 9.95. The molecule has 108 valence electrons. The Labute approximate surface area is 121 Å². The molecule has 2 rings (SSSR count). The highest BCUT2D eigenvalue weighted by Gasteiger charge is 2.10. The minimum absolute atomic E-state index is 0.134. The fourth-order valence-electron chi connectivity index (χ4n) is 1.86. The number of amides is 2. The monoisotopic (exact) mass is 286 g/mol. The zero-order valence-corrected chi connectivity index (χ0v) is 11.4. The van der Waals surface area contributed by atoms with Gasteiger partial charge in [-0.05, 0) is 42.8 Å². The van der Waals surface area contributed by atoms with E-state index in [4.69, 9.17) is 11.1 Å². The molecule has 0 aliphatic heterocycles. The molecule has 0 aliphatic carbocycles. The predicted molar refractivity (Wildman–Crippen MR) is 81.2 cm³/mol. The molecule has 0 saturated heterocycles. The lowest BCUT2D eigenvalue weighted by Crippen LogP contribution is -2.22. The Bertz CT molecular complexity index is 700. The topological polar surface area (TPSA) is 91.0 Å². The molecule has 0 aromatic heterocycles. The van der Waals surface area contributed by atoms with Crippen LogP contribution >= 0.6 is 0 Å². The molecule has 0 radical (unpaired) electrons. The standard InChI is InChI=1S/C15H15FN4O/c1-9-3-2-4-11(7-9)19-15(21)20-13-6-5-10(16)8-12(13)14(17)18/h2-8H,1H3,(H3,17,18)(H2,19,20,21). The Hall–Kier alpha value is -2.89. The summed E-state index contributed by atoms with van der Waals surface area (Å²) in [5, 5.41) is 12.6. The van der Waals surface area contributed by atoms with Gasteiger partial charge in [-0.2, -0.15) is 0 Å². The van der Waals surface area contributed by atoms with Crippen molar-refractivity contribution in [1.82, 2.24) is 0 Å². The number of amidine groups is 1. The van der Waals surface area contributed by atoms with Crippen molar-refractivity contribution in [3.8, 4) is 0 Å². The first-order valence-electron chi connectivity index (χ1n) is 6.24. The molecule has 0 fully saturated rings. The highest BCUT2D eigenvalue weighted by molar-refractivity contribution is 6.06. The Morgan fingerprint density at radius 1 is 1.19 bits per heavy atom. The lowest BCUT2D eigenvalue weighted by Gasteiger charge is -2.11. The van der Waals surface area contributed by atoms with Crippen molar-refractivity contribution in [3.63, 3.8) is 0 Å². The van der Waals surface area contributed by atoms with Crippen LogP contribution in [0.4, 0.5) is 20.6 Å². The van der Waals surface area contributed by atoms with Crippen molar-refractivity contribution in [2.45, 2.75) is 6.92 Å². The van der Waals surface area contributed by atoms with E-state index in [9.17, 15) is 9.18 Å². The largest absolute Gasteiger partial charge is 0.384 e. The van der Waals surface area contributed by atoms with Gasteiger partial charge in [0.15, 0.2) is 0 Å². The third-order valence-electron chi connectivity index (χ3n) is 2.80. The molecule has 2 amide bonds. The zero-order valence-electron chi connectivity index (χ0n) is 11.4. The molecule has 0 aliphatic rings. The minimum Gasteiger partial charge on any atom is -0.384 e. The molecule has 0 unspecified atom stereocenters. The molecule has 0 bridgehead atoms. The van der Waals surface area contributed by atoms with E-state index >= 15 is 0 Å². The Morgan fingerprint density at radius 3 is 2.62 bits per heavy atom. The molecule has 0 saturated carbocycles. The number of nitrogens with two attached hydrogens (primary N) is 1. The van der Waals surface area contributed by atoms with Gasteiger partial charge < -0.3 is 16.4 Å². The highest BCUT2D eigenvalue weighted by atomic mass is 19.1. The number of hydrogen-bond donors (Lipinski definition) is 4. The van der Waals surface area contributed by atoms with Crippen LogP contribution in [0.1, 0.15) is 11.1 Å². The van der Waals surface area contributed by atoms with Crippen LogP contribution in [0.3, 0.4) is 0 Å². The van der Waals surface area contributed by atoms with Crippen molar-refractivity contribution in [2.24, 2.45) is 5.73 Å². The van der Waals surface area contributed by atoms with Crippen LogP contribution in [0.5, 0.6) is 0 Å². The number of carbonyl (C=O) groups excluding carboxylic acids is 1. The third kappa shape index (κ3) is 3.79. The van der Waals surface area contributed by atoms with E-state index < -0.39 is 11.8 Å². The van der Waals surface area contributed by atoms with Gasteiger partial charge in [-0.3, -0.25) is 5.41 Å². The zero-order chi connectivity index (χ0) is 15.4. The van der Waals surface area contributed by atoms with Crippen molar-refractivity contribution < 1.29 is 9.18 Å². The summed E-state index contributed by atoms with van der Waals surface area (Å²) in [6, 6.07) is 10.5. The second kappa shape index (κ2) is 6.04. The van der Waals surface area contributed by atoms with Crippen LogP contribution in [-0.4, -0.2) is 11.9 Å². The van der Waals surface area contributed by atoms with Crippen LogP contribution < -0.4 is 16.4 Å². The highest BCUT2D eigenvalue weighted by Crippen LogP contribution is 2.17. The summed E-state index contributed by atoms with van der Waals surface area (Å²) >= 11 is 0. The summed E-state index contributed by atoms with van der Waals surface area (Å²) in [6.45, 7) is 1.91. The van der Waals surface area contributed by atoms with Gasteiger partial charge in [-0.25, -0.2) is 9.18 Å². The SMILES string of the molecule is Cc1cccc(NC(=O)Nc2ccc(F)cc2C(=N)N)c1. The minimum atomic E-state index is -0.523. The maximum absolute atomic E-state index is 13.2. The van der Waals surface area contributed by atoms with E-state index in [1.165, 1.54) is 12.1 Å². The summed E-state index contributed by atoms with van der Waals surface area (Å²) < 4.78 is 13.2. The number of carbonyl (C=O) groups is 1. The number of anilines is 2. The Kier molecular flexibility index (Phi) is 4.18. The fraction of sp³-hybridized carbons (Fsp3) is 0.0667. The van der Waals surface area contributed by atoms with E-state index in [2.05, 4.69) is 10.6 Å². The lowest BCUT2D eigenvalue weighted by molar-refractivity contribution is 0.262. The molecule has 0 heterocycles. The first-order valence-corrected chi connectivity index (χ1v) is 6.24. The van der Waals surface area contributed by atoms with Crippen LogP contribution in [0.15, 0.2) is 42.5 Å². The second-order valence-corrected chi connectivity index (χ2v) is 4.55. The number of aryl methyl sites for hydroxylation is 1. The molecule has 0 atom stereocenters. The molecule has 0 spiro atoms. The second-order valence-electron chi connectivity index (χ2n) is 4.55. The van der Waals surface area contributed by atoms with E-state index in [0.29, 0.717) is 5.69 Å². The average Bonchev–Trinajstić information content (AvgIpc) is 2.40. The summed E-state index contributed by atoms with van der Waals surface area (Å²) in [4.78, 5) is 11.9. The molecular formula is C15H15FN4O. The fourth-order valence-corrected chi connectivity index (χ4v) is 1.86. The Morgan fingerprint density at radius 2 is 1.95 bits per heavy atom. The van der Waals surface area contributed by atoms with Crippen LogP contribution in [0.25, 0.3) is 0 Å². The molecule has 21 heavy (non-hydrogen) atoms. The number of hydrogen-bond acceptors (Lipinski definition) is 2. The predicted octanol–water partition coefficient (Wildman–Crippen LogP) is 3.06. The van der Waals surface area contributed by atoms with Gasteiger partial charge in [0.05, 0.1) is 5.69 Å². The number of nitrogen functional groups attached to an aromatic ring is 1. The molecular weight excluding hydrogens is 271 g/mol. The number of benzene rings is 2. The van der Waals surface area contributed by atoms with Crippen LogP contribution in [0.2, 0.25) is 0 Å². The van der Waals surface area contributed by atoms with Gasteiger partial charge in [0.2, 0.25) is 0 Å².